The lowest BCUT2D eigenvalue weighted by molar-refractivity contribution is 0.169. The van der Waals surface area contributed by atoms with Crippen LogP contribution in [0.1, 0.15) is 57.1 Å². The molecule has 2 heterocycles. The van der Waals surface area contributed by atoms with Gasteiger partial charge < -0.3 is 0 Å². The quantitative estimate of drug-likeness (QED) is 0.601. The van der Waals surface area contributed by atoms with Crippen molar-refractivity contribution in [3.05, 3.63) is 30.1 Å². The summed E-state index contributed by atoms with van der Waals surface area (Å²) in [6.07, 6.45) is 11.2. The first kappa shape index (κ1) is 14.1. The molecule has 0 aromatic carbocycles. The van der Waals surface area contributed by atoms with Gasteiger partial charge in [0.1, 0.15) is 0 Å². The van der Waals surface area contributed by atoms with Crippen LogP contribution in [0.3, 0.4) is 0 Å². The lowest BCUT2D eigenvalue weighted by atomic mass is 9.96. The van der Waals surface area contributed by atoms with Gasteiger partial charge in [0, 0.05) is 24.9 Å². The van der Waals surface area contributed by atoms with Crippen LogP contribution in [0.25, 0.3) is 0 Å². The first-order valence-corrected chi connectivity index (χ1v) is 7.51. The van der Waals surface area contributed by atoms with Crippen LogP contribution >= 0.6 is 0 Å². The highest BCUT2D eigenvalue weighted by molar-refractivity contribution is 5.16. The molecule has 102 valence electrons. The smallest absolute Gasteiger partial charge is 0.0606 e. The summed E-state index contributed by atoms with van der Waals surface area (Å²) in [7, 11) is 0. The van der Waals surface area contributed by atoms with E-state index >= 15 is 0 Å². The normalized spacial score (nSPS) is 19.7. The Morgan fingerprint density at radius 1 is 1.37 bits per heavy atom. The Labute approximate surface area is 117 Å². The number of aromatic nitrogens is 1. The minimum Gasteiger partial charge on any atom is -0.285 e. The molecule has 1 aromatic heterocycles. The van der Waals surface area contributed by atoms with Gasteiger partial charge in [0.15, 0.2) is 0 Å². The van der Waals surface area contributed by atoms with E-state index in [2.05, 4.69) is 34.7 Å². The Morgan fingerprint density at radius 3 is 3.11 bits per heavy atom. The van der Waals surface area contributed by atoms with Crippen molar-refractivity contribution in [1.82, 2.24) is 9.88 Å². The van der Waals surface area contributed by atoms with Crippen LogP contribution in [0.2, 0.25) is 0 Å². The summed E-state index contributed by atoms with van der Waals surface area (Å²) in [6.45, 7) is 4.29. The molecule has 2 nitrogen and oxygen atoms in total. The van der Waals surface area contributed by atoms with Crippen LogP contribution in [0, 0.1) is 11.8 Å². The van der Waals surface area contributed by atoms with Crippen molar-refractivity contribution < 1.29 is 0 Å². The Kier molecular flexibility index (Phi) is 5.91. The standard InChI is InChI=1S/C17H24N2/c1-2-3-4-5-7-13-19-14-8-6-11-17(19)16-10-9-12-18-15-16/h9-10,12,15,17H,2-4,6,8,11,13-14H2,1H3/t17-/m0/s1. The number of unbranched alkanes of at least 4 members (excludes halogenated alkanes) is 2. The van der Waals surface area contributed by atoms with E-state index in [1.807, 2.05) is 18.5 Å². The van der Waals surface area contributed by atoms with Gasteiger partial charge in [0.05, 0.1) is 6.54 Å². The highest BCUT2D eigenvalue weighted by Gasteiger charge is 2.22. The first-order chi connectivity index (χ1) is 9.42. The van der Waals surface area contributed by atoms with Crippen LogP contribution < -0.4 is 0 Å². The summed E-state index contributed by atoms with van der Waals surface area (Å²) in [6, 6.07) is 4.75. The molecule has 1 aliphatic heterocycles. The molecule has 1 atom stereocenters. The summed E-state index contributed by atoms with van der Waals surface area (Å²) in [5.74, 6) is 6.64. The van der Waals surface area contributed by atoms with Gasteiger partial charge in [0.25, 0.3) is 0 Å². The molecule has 2 heteroatoms. The molecule has 0 N–H and O–H groups in total. The molecule has 0 unspecified atom stereocenters. The number of likely N-dealkylation sites (tertiary alicyclic amines) is 1. The fourth-order valence-electron chi connectivity index (χ4n) is 2.64. The van der Waals surface area contributed by atoms with Crippen LogP contribution in [0.4, 0.5) is 0 Å². The van der Waals surface area contributed by atoms with Crippen molar-refractivity contribution in [2.24, 2.45) is 0 Å². The predicted molar refractivity (Wildman–Crippen MR) is 79.7 cm³/mol. The minimum atomic E-state index is 0.517. The summed E-state index contributed by atoms with van der Waals surface area (Å²) in [4.78, 5) is 6.77. The molecule has 0 amide bonds. The second kappa shape index (κ2) is 7.96. The summed E-state index contributed by atoms with van der Waals surface area (Å²) in [5.41, 5.74) is 1.34. The van der Waals surface area contributed by atoms with Crippen LogP contribution in [0.5, 0.6) is 0 Å². The molecule has 1 saturated heterocycles. The lowest BCUT2D eigenvalue weighted by Gasteiger charge is -2.34. The maximum atomic E-state index is 4.25. The highest BCUT2D eigenvalue weighted by atomic mass is 15.2. The molecular weight excluding hydrogens is 232 g/mol. The molecule has 0 spiro atoms. The van der Waals surface area contributed by atoms with Crippen LogP contribution in [-0.2, 0) is 0 Å². The van der Waals surface area contributed by atoms with Crippen molar-refractivity contribution in [3.63, 3.8) is 0 Å². The number of piperidine rings is 1. The Balaban J connectivity index is 1.94. The number of pyridine rings is 1. The maximum Gasteiger partial charge on any atom is 0.0606 e. The van der Waals surface area contributed by atoms with E-state index in [0.717, 1.165) is 13.0 Å². The molecule has 0 bridgehead atoms. The van der Waals surface area contributed by atoms with E-state index in [-0.39, 0.29) is 0 Å². The summed E-state index contributed by atoms with van der Waals surface area (Å²) in [5, 5.41) is 0. The van der Waals surface area contributed by atoms with Gasteiger partial charge in [-0.1, -0.05) is 31.8 Å². The largest absolute Gasteiger partial charge is 0.285 e. The third kappa shape index (κ3) is 4.36. The zero-order valence-corrected chi connectivity index (χ0v) is 11.9. The van der Waals surface area contributed by atoms with Crippen molar-refractivity contribution >= 4 is 0 Å². The Bertz CT molecular complexity index is 416. The number of hydrogen-bond donors (Lipinski definition) is 0. The number of hydrogen-bond acceptors (Lipinski definition) is 2. The molecule has 0 radical (unpaired) electrons. The summed E-state index contributed by atoms with van der Waals surface area (Å²) >= 11 is 0. The van der Waals surface area contributed by atoms with Crippen molar-refractivity contribution in [2.75, 3.05) is 13.1 Å². The monoisotopic (exact) mass is 256 g/mol. The third-order valence-corrected chi connectivity index (χ3v) is 3.75. The van der Waals surface area contributed by atoms with E-state index in [9.17, 15) is 0 Å². The van der Waals surface area contributed by atoms with Gasteiger partial charge in [-0.05, 0) is 37.4 Å². The van der Waals surface area contributed by atoms with Gasteiger partial charge >= 0.3 is 0 Å². The van der Waals surface area contributed by atoms with Gasteiger partial charge in [-0.25, -0.2) is 0 Å². The van der Waals surface area contributed by atoms with E-state index in [0.29, 0.717) is 6.04 Å². The van der Waals surface area contributed by atoms with Crippen LogP contribution in [-0.4, -0.2) is 23.0 Å². The maximum absolute atomic E-state index is 4.25. The van der Waals surface area contributed by atoms with Crippen molar-refractivity contribution in [1.29, 1.82) is 0 Å². The molecule has 0 aliphatic carbocycles. The second-order valence-electron chi connectivity index (χ2n) is 5.23. The van der Waals surface area contributed by atoms with E-state index in [4.69, 9.17) is 0 Å². The molecule has 1 fully saturated rings. The highest BCUT2D eigenvalue weighted by Crippen LogP contribution is 2.29. The third-order valence-electron chi connectivity index (χ3n) is 3.75. The zero-order chi connectivity index (χ0) is 13.3. The number of rotatable bonds is 4. The van der Waals surface area contributed by atoms with Crippen LogP contribution in [0.15, 0.2) is 24.5 Å². The van der Waals surface area contributed by atoms with E-state index in [1.165, 1.54) is 44.2 Å². The molecular formula is C17H24N2. The lowest BCUT2D eigenvalue weighted by Crippen LogP contribution is -2.33. The van der Waals surface area contributed by atoms with Gasteiger partial charge in [-0.2, -0.15) is 0 Å². The van der Waals surface area contributed by atoms with Gasteiger partial charge in [0.2, 0.25) is 0 Å². The van der Waals surface area contributed by atoms with E-state index < -0.39 is 0 Å². The Hall–Kier alpha value is -1.33. The van der Waals surface area contributed by atoms with Gasteiger partial charge in [-0.3, -0.25) is 9.88 Å². The molecule has 2 rings (SSSR count). The Morgan fingerprint density at radius 2 is 2.32 bits per heavy atom. The number of nitrogens with zero attached hydrogens (tertiary/aromatic N) is 2. The predicted octanol–water partition coefficient (Wildman–Crippen LogP) is 3.80. The molecule has 19 heavy (non-hydrogen) atoms. The fourth-order valence-corrected chi connectivity index (χ4v) is 2.64. The SMILES string of the molecule is CCCCC#CCN1CCCC[C@H]1c1cccnc1. The van der Waals surface area contributed by atoms with Crippen molar-refractivity contribution in [2.45, 2.75) is 51.5 Å². The van der Waals surface area contributed by atoms with Gasteiger partial charge in [-0.15, -0.1) is 5.92 Å². The molecule has 1 aromatic rings. The molecule has 1 aliphatic rings. The van der Waals surface area contributed by atoms with E-state index in [1.54, 1.807) is 0 Å². The topological polar surface area (TPSA) is 16.1 Å². The summed E-state index contributed by atoms with van der Waals surface area (Å²) < 4.78 is 0. The zero-order valence-electron chi connectivity index (χ0n) is 11.9. The second-order valence-corrected chi connectivity index (χ2v) is 5.23. The average Bonchev–Trinajstić information content (AvgIpc) is 2.48. The molecule has 0 saturated carbocycles. The fraction of sp³-hybridized carbons (Fsp3) is 0.588. The minimum absolute atomic E-state index is 0.517. The average molecular weight is 256 g/mol. The first-order valence-electron chi connectivity index (χ1n) is 7.51. The van der Waals surface area contributed by atoms with Crippen molar-refractivity contribution in [3.8, 4) is 11.8 Å².